The lowest BCUT2D eigenvalue weighted by Gasteiger charge is -2.04. The normalized spacial score (nSPS) is 9.40. The fraction of sp³-hybridized carbons (Fsp3) is 0.100. The summed E-state index contributed by atoms with van der Waals surface area (Å²) in [5, 5.41) is 9.06. The van der Waals surface area contributed by atoms with Crippen LogP contribution in [0, 0.1) is 14.9 Å². The van der Waals surface area contributed by atoms with Crippen LogP contribution in [0.2, 0.25) is 0 Å². The quantitative estimate of drug-likeness (QED) is 0.352. The van der Waals surface area contributed by atoms with Gasteiger partial charge in [-0.25, -0.2) is 0 Å². The minimum atomic E-state index is -0.203. The van der Waals surface area contributed by atoms with E-state index in [9.17, 15) is 9.59 Å². The maximum absolute atomic E-state index is 11.5. The molecule has 0 N–H and O–H groups in total. The van der Waals surface area contributed by atoms with E-state index in [-0.39, 0.29) is 27.8 Å². The van der Waals surface area contributed by atoms with Crippen molar-refractivity contribution < 1.29 is 9.59 Å². The zero-order valence-electron chi connectivity index (χ0n) is 7.46. The predicted molar refractivity (Wildman–Crippen MR) is 67.4 cm³/mol. The van der Waals surface area contributed by atoms with E-state index in [4.69, 9.17) is 5.26 Å². The lowest BCUT2D eigenvalue weighted by molar-refractivity contribution is 0.102. The Hall–Kier alpha value is -0.740. The van der Waals surface area contributed by atoms with Gasteiger partial charge in [-0.15, -0.1) is 0 Å². The Morgan fingerprint density at radius 1 is 1.60 bits per heavy atom. The summed E-state index contributed by atoms with van der Waals surface area (Å²) >= 11 is 4.99. The molecule has 0 unspecified atom stereocenters. The number of alkyl halides is 1. The molecule has 0 saturated carbocycles. The third-order valence-electron chi connectivity index (χ3n) is 1.84. The molecule has 0 fully saturated rings. The Labute approximate surface area is 109 Å². The van der Waals surface area contributed by atoms with Gasteiger partial charge in [-0.2, -0.15) is 5.26 Å². The van der Waals surface area contributed by atoms with E-state index in [2.05, 4.69) is 15.9 Å². The smallest absolute Gasteiger partial charge is 0.174 e. The van der Waals surface area contributed by atoms with Crippen LogP contribution in [0.5, 0.6) is 0 Å². The van der Waals surface area contributed by atoms with Crippen molar-refractivity contribution in [1.29, 1.82) is 5.26 Å². The summed E-state index contributed by atoms with van der Waals surface area (Å²) in [6.07, 6.45) is 0.603. The second-order valence-electron chi connectivity index (χ2n) is 2.67. The molecule has 0 spiro atoms. The highest BCUT2D eigenvalue weighted by atomic mass is 127. The number of hydrogen-bond donors (Lipinski definition) is 0. The Bertz CT molecular complexity index is 465. The number of benzene rings is 1. The zero-order valence-corrected chi connectivity index (χ0v) is 11.2. The molecule has 0 radical (unpaired) electrons. The minimum Gasteiger partial charge on any atom is -0.298 e. The number of nitrogens with zero attached hydrogens (tertiary/aromatic N) is 1. The lowest BCUT2D eigenvalue weighted by atomic mass is 10.0. The van der Waals surface area contributed by atoms with Crippen LogP contribution in [0.25, 0.3) is 0 Å². The second-order valence-corrected chi connectivity index (χ2v) is 4.39. The van der Waals surface area contributed by atoms with Crippen LogP contribution in [-0.4, -0.2) is 17.4 Å². The van der Waals surface area contributed by atoms with Gasteiger partial charge < -0.3 is 0 Å². The number of nitriles is 1. The average molecular weight is 378 g/mol. The predicted octanol–water partition coefficient (Wildman–Crippen LogP) is 2.55. The molecule has 5 heteroatoms. The van der Waals surface area contributed by atoms with Gasteiger partial charge in [0.15, 0.2) is 12.1 Å². The molecule has 0 bridgehead atoms. The minimum absolute atomic E-state index is 0.139. The molecular formula is C10H5BrINO2. The summed E-state index contributed by atoms with van der Waals surface area (Å²) in [6, 6.07) is 5.11. The molecule has 0 aliphatic carbocycles. The summed E-state index contributed by atoms with van der Waals surface area (Å²) in [4.78, 5) is 22.2. The summed E-state index contributed by atoms with van der Waals surface area (Å²) in [5.74, 6) is -0.203. The number of aldehydes is 1. The Morgan fingerprint density at radius 3 is 2.73 bits per heavy atom. The van der Waals surface area contributed by atoms with Crippen LogP contribution >= 0.6 is 38.5 Å². The van der Waals surface area contributed by atoms with Crippen molar-refractivity contribution in [2.45, 2.75) is 0 Å². The first-order valence-electron chi connectivity index (χ1n) is 3.92. The molecule has 3 nitrogen and oxygen atoms in total. The first-order chi connectivity index (χ1) is 7.15. The number of carbonyl (C=O) groups is 2. The highest BCUT2D eigenvalue weighted by molar-refractivity contribution is 14.1. The Balaban J connectivity index is 3.50. The Kier molecular flexibility index (Phi) is 4.42. The number of ketones is 1. The zero-order chi connectivity index (χ0) is 11.4. The molecule has 0 aliphatic heterocycles. The maximum Gasteiger partial charge on any atom is 0.174 e. The fourth-order valence-corrected chi connectivity index (χ4v) is 2.01. The number of Topliss-reactive ketones (excluding diaryl/α,β-unsaturated/α-hetero) is 1. The Morgan fingerprint density at radius 2 is 2.27 bits per heavy atom. The lowest BCUT2D eigenvalue weighted by Crippen LogP contribution is -2.06. The summed E-state index contributed by atoms with van der Waals surface area (Å²) in [6.45, 7) is 0. The van der Waals surface area contributed by atoms with E-state index >= 15 is 0 Å². The summed E-state index contributed by atoms with van der Waals surface area (Å²) in [5.41, 5.74) is 0.725. The van der Waals surface area contributed by atoms with Crippen molar-refractivity contribution in [3.8, 4) is 6.07 Å². The summed E-state index contributed by atoms with van der Waals surface area (Å²) in [7, 11) is 0. The van der Waals surface area contributed by atoms with E-state index in [0.29, 0.717) is 9.86 Å². The van der Waals surface area contributed by atoms with E-state index in [0.717, 1.165) is 0 Å². The van der Waals surface area contributed by atoms with Gasteiger partial charge in [-0.1, -0.05) is 15.9 Å². The van der Waals surface area contributed by atoms with Crippen molar-refractivity contribution in [2.24, 2.45) is 0 Å². The molecule has 1 rings (SSSR count). The number of rotatable bonds is 3. The van der Waals surface area contributed by atoms with Crippen LogP contribution < -0.4 is 0 Å². The first kappa shape index (κ1) is 12.3. The van der Waals surface area contributed by atoms with Crippen molar-refractivity contribution >= 4 is 50.6 Å². The van der Waals surface area contributed by atoms with Gasteiger partial charge >= 0.3 is 0 Å². The van der Waals surface area contributed by atoms with E-state index < -0.39 is 0 Å². The molecule has 1 aromatic rings. The van der Waals surface area contributed by atoms with E-state index in [1.54, 1.807) is 12.1 Å². The van der Waals surface area contributed by atoms with E-state index in [1.165, 1.54) is 0 Å². The standard InChI is InChI=1S/C10H5BrINO2/c11-3-10(15)6-1-2-9(12)8(5-14)7(6)4-13/h1-2,5H,3H2. The van der Waals surface area contributed by atoms with Gasteiger partial charge in [-0.3, -0.25) is 9.59 Å². The van der Waals surface area contributed by atoms with Crippen LogP contribution in [0.1, 0.15) is 26.3 Å². The summed E-state index contributed by atoms with van der Waals surface area (Å²) < 4.78 is 0.672. The molecule has 0 amide bonds. The SMILES string of the molecule is N#Cc1c(C(=O)CBr)ccc(I)c1C=O. The molecule has 76 valence electrons. The van der Waals surface area contributed by atoms with Crippen LogP contribution in [0.4, 0.5) is 0 Å². The molecule has 0 saturated heterocycles. The molecule has 1 aromatic carbocycles. The van der Waals surface area contributed by atoms with Crippen molar-refractivity contribution in [2.75, 3.05) is 5.33 Å². The number of halogens is 2. The molecule has 0 aliphatic rings. The van der Waals surface area contributed by atoms with Crippen LogP contribution in [0.15, 0.2) is 12.1 Å². The maximum atomic E-state index is 11.5. The second kappa shape index (κ2) is 5.37. The largest absolute Gasteiger partial charge is 0.298 e. The molecule has 0 atom stereocenters. The highest BCUT2D eigenvalue weighted by Crippen LogP contribution is 2.19. The fourth-order valence-electron chi connectivity index (χ4n) is 1.13. The van der Waals surface area contributed by atoms with Crippen molar-refractivity contribution in [1.82, 2.24) is 0 Å². The first-order valence-corrected chi connectivity index (χ1v) is 6.12. The average Bonchev–Trinajstić information content (AvgIpc) is 2.27. The number of hydrogen-bond acceptors (Lipinski definition) is 3. The van der Waals surface area contributed by atoms with Crippen molar-refractivity contribution in [3.63, 3.8) is 0 Å². The van der Waals surface area contributed by atoms with Gasteiger partial charge in [0.25, 0.3) is 0 Å². The van der Waals surface area contributed by atoms with Crippen molar-refractivity contribution in [3.05, 3.63) is 32.4 Å². The van der Waals surface area contributed by atoms with E-state index in [1.807, 2.05) is 28.7 Å². The van der Waals surface area contributed by atoms with Gasteiger partial charge in [0, 0.05) is 14.7 Å². The molecule has 0 heterocycles. The highest BCUT2D eigenvalue weighted by Gasteiger charge is 2.15. The third-order valence-corrected chi connectivity index (χ3v) is 3.29. The topological polar surface area (TPSA) is 57.9 Å². The van der Waals surface area contributed by atoms with Crippen LogP contribution in [-0.2, 0) is 0 Å². The van der Waals surface area contributed by atoms with Crippen LogP contribution in [0.3, 0.4) is 0 Å². The molecular weight excluding hydrogens is 373 g/mol. The molecule has 0 aromatic heterocycles. The van der Waals surface area contributed by atoms with Gasteiger partial charge in [-0.05, 0) is 34.7 Å². The molecule has 15 heavy (non-hydrogen) atoms. The third kappa shape index (κ3) is 2.44. The monoisotopic (exact) mass is 377 g/mol. The van der Waals surface area contributed by atoms with Gasteiger partial charge in [0.1, 0.15) is 6.07 Å². The van der Waals surface area contributed by atoms with Gasteiger partial charge in [0.2, 0.25) is 0 Å². The number of carbonyl (C=O) groups excluding carboxylic acids is 2. The van der Waals surface area contributed by atoms with Gasteiger partial charge in [0.05, 0.1) is 10.9 Å².